The van der Waals surface area contributed by atoms with Crippen LogP contribution in [0.1, 0.15) is 17.2 Å². The summed E-state index contributed by atoms with van der Waals surface area (Å²) in [6.45, 7) is 0. The molecule has 0 bridgehead atoms. The molecule has 0 spiro atoms. The third-order valence-corrected chi connectivity index (χ3v) is 5.32. The lowest BCUT2D eigenvalue weighted by Gasteiger charge is -2.14. The van der Waals surface area contributed by atoms with Gasteiger partial charge in [-0.2, -0.15) is 8.78 Å². The summed E-state index contributed by atoms with van der Waals surface area (Å²) in [5.41, 5.74) is 1.05. The molecule has 4 nitrogen and oxygen atoms in total. The minimum atomic E-state index is -5.74. The number of alkyl halides is 4. The average Bonchev–Trinajstić information content (AvgIpc) is 3.09. The number of amidine groups is 1. The van der Waals surface area contributed by atoms with Crippen molar-refractivity contribution in [2.24, 2.45) is 9.98 Å². The monoisotopic (exact) mass is 384 g/mol. The summed E-state index contributed by atoms with van der Waals surface area (Å²) in [6.07, 6.45) is -4.39. The molecule has 136 valence electrons. The summed E-state index contributed by atoms with van der Waals surface area (Å²) < 4.78 is 76.2. The number of sulfone groups is 1. The number of halogens is 4. The van der Waals surface area contributed by atoms with Crippen molar-refractivity contribution in [3.8, 4) is 0 Å². The molecule has 0 saturated heterocycles. The summed E-state index contributed by atoms with van der Waals surface area (Å²) >= 11 is 0. The molecule has 9 heteroatoms. The van der Waals surface area contributed by atoms with Gasteiger partial charge in [0, 0.05) is 0 Å². The van der Waals surface area contributed by atoms with Crippen molar-refractivity contribution < 1.29 is 26.0 Å². The predicted molar refractivity (Wildman–Crippen MR) is 89.5 cm³/mol. The lowest BCUT2D eigenvalue weighted by atomic mass is 9.98. The maximum Gasteiger partial charge on any atom is 0.411 e. The van der Waals surface area contributed by atoms with Crippen LogP contribution in [0, 0.1) is 0 Å². The second-order valence-corrected chi connectivity index (χ2v) is 7.37. The summed E-state index contributed by atoms with van der Waals surface area (Å²) in [6, 6.07) is 15.5. The highest BCUT2D eigenvalue weighted by molar-refractivity contribution is 8.07. The molecule has 2 aromatic carbocycles. The van der Waals surface area contributed by atoms with Crippen LogP contribution in [0.3, 0.4) is 0 Å². The highest BCUT2D eigenvalue weighted by Gasteiger charge is 2.57. The van der Waals surface area contributed by atoms with Crippen LogP contribution in [0.25, 0.3) is 0 Å². The zero-order valence-corrected chi connectivity index (χ0v) is 13.9. The van der Waals surface area contributed by atoms with Crippen LogP contribution in [0.15, 0.2) is 70.6 Å². The molecule has 1 unspecified atom stereocenters. The molecule has 26 heavy (non-hydrogen) atoms. The van der Waals surface area contributed by atoms with Gasteiger partial charge in [-0.05, 0) is 11.1 Å². The average molecular weight is 384 g/mol. The molecule has 0 saturated carbocycles. The van der Waals surface area contributed by atoms with Gasteiger partial charge in [0.25, 0.3) is 9.84 Å². The number of aliphatic imine (C=N–C) groups is 2. The second-order valence-electron chi connectivity index (χ2n) is 5.45. The Labute approximate surface area is 146 Å². The standard InChI is InChI=1S/C17H12F4N2O2S/c18-15(19)17(20,21)26(24,25)16-22-13(11-7-3-1-4-8-11)14(23-16)12-9-5-2-6-10-12/h1-10,13,15H. The molecule has 1 atom stereocenters. The van der Waals surface area contributed by atoms with E-state index in [-0.39, 0.29) is 5.71 Å². The van der Waals surface area contributed by atoms with Crippen molar-refractivity contribution in [3.63, 3.8) is 0 Å². The first-order valence-electron chi connectivity index (χ1n) is 7.42. The van der Waals surface area contributed by atoms with Gasteiger partial charge >= 0.3 is 11.7 Å². The fourth-order valence-electron chi connectivity index (χ4n) is 2.43. The molecule has 1 aliphatic heterocycles. The van der Waals surface area contributed by atoms with E-state index in [0.29, 0.717) is 11.1 Å². The lowest BCUT2D eigenvalue weighted by molar-refractivity contribution is -0.0624. The number of benzene rings is 2. The number of hydrogen-bond acceptors (Lipinski definition) is 4. The Hall–Kier alpha value is -2.55. The minimum Gasteiger partial charge on any atom is -0.241 e. The summed E-state index contributed by atoms with van der Waals surface area (Å²) in [7, 11) is -5.74. The van der Waals surface area contributed by atoms with Gasteiger partial charge in [0.15, 0.2) is 0 Å². The zero-order valence-electron chi connectivity index (χ0n) is 13.1. The highest BCUT2D eigenvalue weighted by atomic mass is 32.2. The molecule has 2 aromatic rings. The quantitative estimate of drug-likeness (QED) is 0.752. The van der Waals surface area contributed by atoms with Crippen LogP contribution in [-0.2, 0) is 9.84 Å². The van der Waals surface area contributed by atoms with Crippen molar-refractivity contribution in [1.29, 1.82) is 0 Å². The van der Waals surface area contributed by atoms with Crippen LogP contribution in [0.2, 0.25) is 0 Å². The van der Waals surface area contributed by atoms with E-state index >= 15 is 0 Å². The fourth-order valence-corrected chi connectivity index (χ4v) is 3.37. The largest absolute Gasteiger partial charge is 0.411 e. The number of nitrogens with zero attached hydrogens (tertiary/aromatic N) is 2. The van der Waals surface area contributed by atoms with E-state index in [1.165, 1.54) is 0 Å². The Bertz CT molecular complexity index is 959. The second kappa shape index (κ2) is 6.64. The van der Waals surface area contributed by atoms with E-state index in [1.54, 1.807) is 60.7 Å². The normalized spacial score (nSPS) is 18.0. The Balaban J connectivity index is 2.14. The van der Waals surface area contributed by atoms with Crippen LogP contribution >= 0.6 is 0 Å². The molecule has 0 amide bonds. The molecule has 0 radical (unpaired) electrons. The molecule has 1 heterocycles. The number of hydrogen-bond donors (Lipinski definition) is 0. The first-order chi connectivity index (χ1) is 12.2. The van der Waals surface area contributed by atoms with Gasteiger partial charge in [0.05, 0.1) is 5.71 Å². The van der Waals surface area contributed by atoms with E-state index in [4.69, 9.17) is 0 Å². The Morgan fingerprint density at radius 1 is 0.923 bits per heavy atom. The third-order valence-electron chi connectivity index (χ3n) is 3.75. The molecular formula is C17H12F4N2O2S. The molecule has 0 aromatic heterocycles. The van der Waals surface area contributed by atoms with Gasteiger partial charge in [-0.25, -0.2) is 27.2 Å². The van der Waals surface area contributed by atoms with Crippen molar-refractivity contribution in [1.82, 2.24) is 0 Å². The minimum absolute atomic E-state index is 0.0976. The fraction of sp³-hybridized carbons (Fsp3) is 0.176. The van der Waals surface area contributed by atoms with Gasteiger partial charge in [0.2, 0.25) is 5.17 Å². The summed E-state index contributed by atoms with van der Waals surface area (Å²) in [4.78, 5) is 7.45. The van der Waals surface area contributed by atoms with Gasteiger partial charge < -0.3 is 0 Å². The van der Waals surface area contributed by atoms with Crippen LogP contribution in [-0.4, -0.2) is 31.0 Å². The maximum atomic E-state index is 13.5. The van der Waals surface area contributed by atoms with Crippen molar-refractivity contribution in [2.45, 2.75) is 17.7 Å². The molecule has 0 N–H and O–H groups in total. The Kier molecular flexibility index (Phi) is 4.66. The molecule has 0 fully saturated rings. The Morgan fingerprint density at radius 3 is 2.00 bits per heavy atom. The number of rotatable bonds is 4. The van der Waals surface area contributed by atoms with E-state index in [9.17, 15) is 26.0 Å². The van der Waals surface area contributed by atoms with E-state index in [2.05, 4.69) is 9.98 Å². The van der Waals surface area contributed by atoms with E-state index in [1.807, 2.05) is 0 Å². The zero-order chi connectivity index (χ0) is 18.9. The van der Waals surface area contributed by atoms with Gasteiger partial charge in [-0.15, -0.1) is 0 Å². The molecule has 0 aliphatic carbocycles. The van der Waals surface area contributed by atoms with Crippen LogP contribution in [0.4, 0.5) is 17.6 Å². The first kappa shape index (κ1) is 18.2. The van der Waals surface area contributed by atoms with Crippen LogP contribution < -0.4 is 0 Å². The highest BCUT2D eigenvalue weighted by Crippen LogP contribution is 2.36. The topological polar surface area (TPSA) is 58.9 Å². The lowest BCUT2D eigenvalue weighted by Crippen LogP contribution is -2.40. The van der Waals surface area contributed by atoms with Gasteiger partial charge in [-0.1, -0.05) is 60.7 Å². The van der Waals surface area contributed by atoms with Gasteiger partial charge in [-0.3, -0.25) is 0 Å². The molecule has 1 aliphatic rings. The van der Waals surface area contributed by atoms with Gasteiger partial charge in [0.1, 0.15) is 6.04 Å². The van der Waals surface area contributed by atoms with E-state index in [0.717, 1.165) is 0 Å². The third kappa shape index (κ3) is 3.03. The summed E-state index contributed by atoms with van der Waals surface area (Å²) in [5, 5.41) is -6.57. The smallest absolute Gasteiger partial charge is 0.241 e. The van der Waals surface area contributed by atoms with E-state index < -0.39 is 32.7 Å². The van der Waals surface area contributed by atoms with Crippen LogP contribution in [0.5, 0.6) is 0 Å². The molecule has 3 rings (SSSR count). The Morgan fingerprint density at radius 2 is 1.46 bits per heavy atom. The van der Waals surface area contributed by atoms with Crippen molar-refractivity contribution in [2.75, 3.05) is 0 Å². The first-order valence-corrected chi connectivity index (χ1v) is 8.91. The maximum absolute atomic E-state index is 13.5. The predicted octanol–water partition coefficient (Wildman–Crippen LogP) is 3.86. The summed E-state index contributed by atoms with van der Waals surface area (Å²) in [5.74, 6) is 0. The SMILES string of the molecule is O=S(=O)(C1=NC(c2ccccc2)C(c2ccccc2)=N1)C(F)(F)C(F)F. The van der Waals surface area contributed by atoms with Crippen molar-refractivity contribution >= 4 is 20.7 Å². The van der Waals surface area contributed by atoms with Crippen molar-refractivity contribution in [3.05, 3.63) is 71.8 Å². The molecular weight excluding hydrogens is 372 g/mol.